The zero-order valence-electron chi connectivity index (χ0n) is 10.5. The van der Waals surface area contributed by atoms with Crippen molar-refractivity contribution in [1.29, 1.82) is 0 Å². The van der Waals surface area contributed by atoms with Crippen molar-refractivity contribution >= 4 is 34.2 Å². The largest absolute Gasteiger partial charge is 0.384 e. The lowest BCUT2D eigenvalue weighted by Gasteiger charge is -2.14. The van der Waals surface area contributed by atoms with Crippen molar-refractivity contribution in [3.63, 3.8) is 0 Å². The van der Waals surface area contributed by atoms with E-state index in [0.717, 1.165) is 3.57 Å². The zero-order chi connectivity index (χ0) is 14.2. The highest BCUT2D eigenvalue weighted by atomic mass is 127. The van der Waals surface area contributed by atoms with Gasteiger partial charge in [0.25, 0.3) is 0 Å². The maximum absolute atomic E-state index is 13.6. The van der Waals surface area contributed by atoms with Crippen LogP contribution in [0.15, 0.2) is 30.3 Å². The molecule has 0 fully saturated rings. The number of halogens is 3. The lowest BCUT2D eigenvalue weighted by Crippen LogP contribution is -2.02. The van der Waals surface area contributed by atoms with Gasteiger partial charge in [-0.05, 0) is 70.8 Å². The summed E-state index contributed by atoms with van der Waals surface area (Å²) in [5.41, 5.74) is 2.45. The van der Waals surface area contributed by atoms with Crippen LogP contribution < -0.4 is 0 Å². The molecule has 2 rings (SSSR count). The van der Waals surface area contributed by atoms with Crippen molar-refractivity contribution in [2.75, 3.05) is 0 Å². The Morgan fingerprint density at radius 2 is 1.68 bits per heavy atom. The lowest BCUT2D eigenvalue weighted by molar-refractivity contribution is 0.220. The first-order valence-electron chi connectivity index (χ1n) is 5.80. The molecule has 1 unspecified atom stereocenters. The Labute approximate surface area is 130 Å². The maximum atomic E-state index is 13.6. The van der Waals surface area contributed by atoms with Crippen molar-refractivity contribution < 1.29 is 9.50 Å². The molecule has 2 aromatic carbocycles. The van der Waals surface area contributed by atoms with Crippen LogP contribution in [0.4, 0.5) is 4.39 Å². The molecule has 1 nitrogen and oxygen atoms in total. The van der Waals surface area contributed by atoms with E-state index in [4.69, 9.17) is 11.6 Å². The van der Waals surface area contributed by atoms with Crippen molar-refractivity contribution in [3.05, 3.63) is 67.0 Å². The molecule has 0 bridgehead atoms. The second kappa shape index (κ2) is 5.77. The van der Waals surface area contributed by atoms with Gasteiger partial charge in [0, 0.05) is 3.57 Å². The molecule has 0 heterocycles. The third kappa shape index (κ3) is 3.09. The number of aliphatic hydroxyl groups is 1. The average molecular weight is 391 g/mol. The molecule has 0 saturated carbocycles. The minimum absolute atomic E-state index is 0.225. The predicted molar refractivity (Wildman–Crippen MR) is 84.1 cm³/mol. The van der Waals surface area contributed by atoms with E-state index in [1.807, 2.05) is 12.1 Å². The van der Waals surface area contributed by atoms with Gasteiger partial charge in [0.05, 0.1) is 5.02 Å². The fourth-order valence-electron chi connectivity index (χ4n) is 2.01. The van der Waals surface area contributed by atoms with Gasteiger partial charge in [-0.1, -0.05) is 29.8 Å². The summed E-state index contributed by atoms with van der Waals surface area (Å²) in [5, 5.41) is 11.0. The van der Waals surface area contributed by atoms with Gasteiger partial charge in [-0.2, -0.15) is 0 Å². The van der Waals surface area contributed by atoms with Crippen LogP contribution in [0.25, 0.3) is 0 Å². The molecule has 0 radical (unpaired) electrons. The zero-order valence-corrected chi connectivity index (χ0v) is 13.5. The van der Waals surface area contributed by atoms with Crippen LogP contribution in [0.1, 0.15) is 28.4 Å². The summed E-state index contributed by atoms with van der Waals surface area (Å²) in [6.07, 6.45) is -0.799. The van der Waals surface area contributed by atoms with Gasteiger partial charge < -0.3 is 5.11 Å². The van der Waals surface area contributed by atoms with Crippen LogP contribution in [0, 0.1) is 23.2 Å². The fourth-order valence-corrected chi connectivity index (χ4v) is 2.54. The Bertz CT molecular complexity index is 605. The third-order valence-electron chi connectivity index (χ3n) is 3.03. The number of benzene rings is 2. The number of hydrogen-bond acceptors (Lipinski definition) is 1. The Hall–Kier alpha value is -0.650. The van der Waals surface area contributed by atoms with E-state index < -0.39 is 6.10 Å². The average Bonchev–Trinajstić information content (AvgIpc) is 2.37. The van der Waals surface area contributed by atoms with Crippen LogP contribution in [-0.4, -0.2) is 5.11 Å². The molecule has 100 valence electrons. The number of aliphatic hydroxyl groups excluding tert-OH is 1. The van der Waals surface area contributed by atoms with Gasteiger partial charge in [0.1, 0.15) is 11.9 Å². The standard InChI is InChI=1S/C15H13ClFIO/c1-8-5-11(6-9(2)14(8)17)15(19)10-3-4-13(18)12(16)7-10/h3-7,15,19H,1-2H3. The van der Waals surface area contributed by atoms with Crippen LogP contribution in [0.3, 0.4) is 0 Å². The monoisotopic (exact) mass is 390 g/mol. The predicted octanol–water partition coefficient (Wildman–Crippen LogP) is 4.78. The van der Waals surface area contributed by atoms with Crippen molar-refractivity contribution in [1.82, 2.24) is 0 Å². The van der Waals surface area contributed by atoms with Crippen molar-refractivity contribution in [2.24, 2.45) is 0 Å². The van der Waals surface area contributed by atoms with E-state index in [1.165, 1.54) is 0 Å². The van der Waals surface area contributed by atoms with Gasteiger partial charge in [-0.3, -0.25) is 0 Å². The normalized spacial score (nSPS) is 12.5. The second-order valence-corrected chi connectivity index (χ2v) is 6.11. The molecule has 1 N–H and O–H groups in total. The van der Waals surface area contributed by atoms with E-state index >= 15 is 0 Å². The van der Waals surface area contributed by atoms with Crippen LogP contribution >= 0.6 is 34.2 Å². The number of hydrogen-bond donors (Lipinski definition) is 1. The van der Waals surface area contributed by atoms with Crippen LogP contribution in [-0.2, 0) is 0 Å². The molecule has 0 aliphatic rings. The first-order valence-corrected chi connectivity index (χ1v) is 7.25. The molecular formula is C15H13ClFIO. The van der Waals surface area contributed by atoms with Gasteiger partial charge in [0.2, 0.25) is 0 Å². The summed E-state index contributed by atoms with van der Waals surface area (Å²) in [6, 6.07) is 8.75. The minimum atomic E-state index is -0.799. The van der Waals surface area contributed by atoms with E-state index in [0.29, 0.717) is 27.3 Å². The van der Waals surface area contributed by atoms with Gasteiger partial charge >= 0.3 is 0 Å². The molecule has 1 atom stereocenters. The lowest BCUT2D eigenvalue weighted by atomic mass is 9.97. The molecule has 0 aromatic heterocycles. The third-order valence-corrected chi connectivity index (χ3v) is 4.61. The van der Waals surface area contributed by atoms with E-state index in [2.05, 4.69) is 22.6 Å². The van der Waals surface area contributed by atoms with Gasteiger partial charge in [-0.25, -0.2) is 4.39 Å². The van der Waals surface area contributed by atoms with E-state index in [1.54, 1.807) is 32.0 Å². The van der Waals surface area contributed by atoms with Crippen LogP contribution in [0.2, 0.25) is 5.02 Å². The van der Waals surface area contributed by atoms with Gasteiger partial charge in [0.15, 0.2) is 0 Å². The van der Waals surface area contributed by atoms with Crippen molar-refractivity contribution in [2.45, 2.75) is 20.0 Å². The number of rotatable bonds is 2. The highest BCUT2D eigenvalue weighted by Gasteiger charge is 2.14. The summed E-state index contributed by atoms with van der Waals surface area (Å²) < 4.78 is 14.5. The van der Waals surface area contributed by atoms with Crippen LogP contribution in [0.5, 0.6) is 0 Å². The molecule has 19 heavy (non-hydrogen) atoms. The molecular weight excluding hydrogens is 378 g/mol. The van der Waals surface area contributed by atoms with Gasteiger partial charge in [-0.15, -0.1) is 0 Å². The Morgan fingerprint density at radius 3 is 2.21 bits per heavy atom. The molecule has 0 spiro atoms. The quantitative estimate of drug-likeness (QED) is 0.732. The van der Waals surface area contributed by atoms with E-state index in [-0.39, 0.29) is 5.82 Å². The Morgan fingerprint density at radius 1 is 1.11 bits per heavy atom. The smallest absolute Gasteiger partial charge is 0.129 e. The second-order valence-electron chi connectivity index (χ2n) is 4.54. The minimum Gasteiger partial charge on any atom is -0.384 e. The SMILES string of the molecule is Cc1cc(C(O)c2ccc(I)c(Cl)c2)cc(C)c1F. The number of aryl methyl sites for hydroxylation is 2. The summed E-state index contributed by atoms with van der Waals surface area (Å²) in [4.78, 5) is 0. The van der Waals surface area contributed by atoms with E-state index in [9.17, 15) is 9.50 Å². The molecule has 0 aliphatic carbocycles. The summed E-state index contributed by atoms with van der Waals surface area (Å²) >= 11 is 8.19. The summed E-state index contributed by atoms with van der Waals surface area (Å²) in [7, 11) is 0. The summed E-state index contributed by atoms with van der Waals surface area (Å²) in [6.45, 7) is 3.39. The molecule has 0 aliphatic heterocycles. The maximum Gasteiger partial charge on any atom is 0.129 e. The van der Waals surface area contributed by atoms with Crippen molar-refractivity contribution in [3.8, 4) is 0 Å². The Kier molecular flexibility index (Phi) is 4.48. The summed E-state index contributed by atoms with van der Waals surface area (Å²) in [5.74, 6) is -0.225. The first-order chi connectivity index (χ1) is 8.90. The topological polar surface area (TPSA) is 20.2 Å². The molecule has 0 amide bonds. The fraction of sp³-hybridized carbons (Fsp3) is 0.200. The highest BCUT2D eigenvalue weighted by molar-refractivity contribution is 14.1. The highest BCUT2D eigenvalue weighted by Crippen LogP contribution is 2.29. The molecule has 4 heteroatoms. The first kappa shape index (κ1) is 14.8. The molecule has 2 aromatic rings. The Balaban J connectivity index is 2.43. The molecule has 0 saturated heterocycles.